The number of carbonyl (C=O) groups is 2. The smallest absolute Gasteiger partial charge is 0.335 e. The number of benzene rings is 1. The van der Waals surface area contributed by atoms with Gasteiger partial charge in [-0.25, -0.2) is 19.6 Å². The first-order valence-electron chi connectivity index (χ1n) is 14.2. The molecular formula is C33H32N6O5S. The standard InChI is InChI=1S/C33H32N6O5S/c1-38(18-26-3-2-4-29(37-26)31-36-17-30(45-31)23-7-5-22(21-40)6-8-23)13-14-39(19-27-15-24(32(41)42)9-11-34-27)20-28-16-25(33(43)44)10-12-35-28/h2-12,15-17,40H,13-14,18-21H2,1H3,(H,41,42)(H,43,44). The third-order valence-electron chi connectivity index (χ3n) is 7.08. The van der Waals surface area contributed by atoms with E-state index in [9.17, 15) is 24.9 Å². The van der Waals surface area contributed by atoms with E-state index >= 15 is 0 Å². The molecule has 0 unspecified atom stereocenters. The Bertz CT molecular complexity index is 1720. The van der Waals surface area contributed by atoms with Gasteiger partial charge in [-0.05, 0) is 54.6 Å². The molecule has 0 saturated heterocycles. The molecule has 12 heteroatoms. The van der Waals surface area contributed by atoms with Crippen LogP contribution in [0.5, 0.6) is 0 Å². The van der Waals surface area contributed by atoms with Crippen LogP contribution in [-0.4, -0.2) is 77.1 Å². The molecule has 0 aliphatic rings. The minimum atomic E-state index is -1.03. The maximum absolute atomic E-state index is 11.5. The maximum Gasteiger partial charge on any atom is 0.335 e. The van der Waals surface area contributed by atoms with Crippen LogP contribution in [0.15, 0.2) is 85.3 Å². The van der Waals surface area contributed by atoms with Crippen LogP contribution in [0.2, 0.25) is 0 Å². The summed E-state index contributed by atoms with van der Waals surface area (Å²) < 4.78 is 0. The molecule has 0 saturated carbocycles. The summed E-state index contributed by atoms with van der Waals surface area (Å²) in [6.45, 7) is 2.54. The number of carboxylic acids is 2. The van der Waals surface area contributed by atoms with Gasteiger partial charge in [-0.15, -0.1) is 11.3 Å². The summed E-state index contributed by atoms with van der Waals surface area (Å²) in [6, 6.07) is 19.6. The predicted octanol–water partition coefficient (Wildman–Crippen LogP) is 4.69. The number of aromatic carboxylic acids is 2. The fraction of sp³-hybridized carbons (Fsp3) is 0.212. The maximum atomic E-state index is 11.5. The zero-order chi connectivity index (χ0) is 31.8. The largest absolute Gasteiger partial charge is 0.478 e. The SMILES string of the molecule is CN(CCN(Cc1cc(C(=O)O)ccn1)Cc1cc(C(=O)O)ccn1)Cc1cccc(-c2ncc(-c3ccc(CO)cc3)s2)n1. The van der Waals surface area contributed by atoms with Gasteiger partial charge in [-0.2, -0.15) is 0 Å². The van der Waals surface area contributed by atoms with Gasteiger partial charge in [0, 0.05) is 51.3 Å². The van der Waals surface area contributed by atoms with Gasteiger partial charge in [-0.1, -0.05) is 30.3 Å². The van der Waals surface area contributed by atoms with Gasteiger partial charge in [-0.3, -0.25) is 19.8 Å². The highest BCUT2D eigenvalue weighted by Crippen LogP contribution is 2.31. The van der Waals surface area contributed by atoms with Crippen molar-refractivity contribution in [2.24, 2.45) is 0 Å². The van der Waals surface area contributed by atoms with Gasteiger partial charge >= 0.3 is 11.9 Å². The second kappa shape index (κ2) is 14.7. The number of pyridine rings is 3. The van der Waals surface area contributed by atoms with Crippen molar-refractivity contribution in [3.05, 3.63) is 119 Å². The Morgan fingerprint density at radius 2 is 1.42 bits per heavy atom. The summed E-state index contributed by atoms with van der Waals surface area (Å²) >= 11 is 1.56. The topological polar surface area (TPSA) is 153 Å². The summed E-state index contributed by atoms with van der Waals surface area (Å²) in [6.07, 6.45) is 4.79. The highest BCUT2D eigenvalue weighted by molar-refractivity contribution is 7.18. The van der Waals surface area contributed by atoms with Crippen molar-refractivity contribution in [2.45, 2.75) is 26.2 Å². The highest BCUT2D eigenvalue weighted by Gasteiger charge is 2.15. The number of nitrogens with zero attached hydrogens (tertiary/aromatic N) is 6. The normalized spacial score (nSPS) is 11.3. The monoisotopic (exact) mass is 624 g/mol. The van der Waals surface area contributed by atoms with Gasteiger partial charge in [0.05, 0.1) is 45.4 Å². The van der Waals surface area contributed by atoms with Crippen molar-refractivity contribution in [1.29, 1.82) is 0 Å². The number of hydrogen-bond donors (Lipinski definition) is 3. The van der Waals surface area contributed by atoms with Crippen molar-refractivity contribution in [3.63, 3.8) is 0 Å². The molecule has 0 spiro atoms. The molecule has 230 valence electrons. The average molecular weight is 625 g/mol. The molecule has 0 fully saturated rings. The first kappa shape index (κ1) is 31.5. The minimum absolute atomic E-state index is 0.00709. The molecular weight excluding hydrogens is 592 g/mol. The zero-order valence-corrected chi connectivity index (χ0v) is 25.4. The number of rotatable bonds is 14. The molecule has 45 heavy (non-hydrogen) atoms. The van der Waals surface area contributed by atoms with Gasteiger partial charge in [0.2, 0.25) is 0 Å². The Balaban J connectivity index is 1.26. The highest BCUT2D eigenvalue weighted by atomic mass is 32.1. The van der Waals surface area contributed by atoms with Crippen LogP contribution < -0.4 is 0 Å². The van der Waals surface area contributed by atoms with E-state index < -0.39 is 11.9 Å². The average Bonchev–Trinajstić information content (AvgIpc) is 3.55. The van der Waals surface area contributed by atoms with Crippen molar-refractivity contribution in [3.8, 4) is 21.1 Å². The van der Waals surface area contributed by atoms with Gasteiger partial charge in [0.15, 0.2) is 0 Å². The van der Waals surface area contributed by atoms with E-state index in [4.69, 9.17) is 4.98 Å². The molecule has 0 amide bonds. The van der Waals surface area contributed by atoms with E-state index in [0.29, 0.717) is 44.1 Å². The summed E-state index contributed by atoms with van der Waals surface area (Å²) in [5, 5.41) is 28.9. The number of carboxylic acid groups (broad SMARTS) is 2. The molecule has 0 atom stereocenters. The van der Waals surface area contributed by atoms with E-state index in [1.165, 1.54) is 24.5 Å². The van der Waals surface area contributed by atoms with E-state index in [2.05, 4.69) is 24.8 Å². The van der Waals surface area contributed by atoms with Crippen LogP contribution in [0.25, 0.3) is 21.1 Å². The molecule has 0 radical (unpaired) electrons. The fourth-order valence-corrected chi connectivity index (χ4v) is 5.61. The molecule has 11 nitrogen and oxygen atoms in total. The predicted molar refractivity (Wildman–Crippen MR) is 170 cm³/mol. The third-order valence-corrected chi connectivity index (χ3v) is 8.15. The summed E-state index contributed by atoms with van der Waals surface area (Å²) in [5.41, 5.74) is 5.06. The second-order valence-corrected chi connectivity index (χ2v) is 11.6. The fourth-order valence-electron chi connectivity index (χ4n) is 4.72. The number of thiazole rings is 1. The van der Waals surface area contributed by atoms with Crippen molar-refractivity contribution >= 4 is 23.3 Å². The lowest BCUT2D eigenvalue weighted by molar-refractivity contribution is 0.0686. The molecule has 4 aromatic heterocycles. The molecule has 4 heterocycles. The summed E-state index contributed by atoms with van der Waals surface area (Å²) in [7, 11) is 2.00. The molecule has 0 aliphatic carbocycles. The Kier molecular flexibility index (Phi) is 10.3. The Hall–Kier alpha value is -4.88. The summed E-state index contributed by atoms with van der Waals surface area (Å²) in [4.78, 5) is 46.4. The van der Waals surface area contributed by atoms with Crippen LogP contribution >= 0.6 is 11.3 Å². The number of aromatic nitrogens is 4. The lowest BCUT2D eigenvalue weighted by atomic mass is 10.1. The van der Waals surface area contributed by atoms with E-state index in [-0.39, 0.29) is 17.7 Å². The lowest BCUT2D eigenvalue weighted by Crippen LogP contribution is -2.33. The van der Waals surface area contributed by atoms with Crippen LogP contribution in [0.1, 0.15) is 43.4 Å². The van der Waals surface area contributed by atoms with Crippen molar-refractivity contribution in [2.75, 3.05) is 20.1 Å². The van der Waals surface area contributed by atoms with Crippen molar-refractivity contribution in [1.82, 2.24) is 29.7 Å². The first-order chi connectivity index (χ1) is 21.8. The second-order valence-electron chi connectivity index (χ2n) is 10.5. The van der Waals surface area contributed by atoms with Crippen LogP contribution in [-0.2, 0) is 26.2 Å². The minimum Gasteiger partial charge on any atom is -0.478 e. The van der Waals surface area contributed by atoms with Crippen LogP contribution in [0.4, 0.5) is 0 Å². The van der Waals surface area contributed by atoms with E-state index in [0.717, 1.165) is 32.4 Å². The molecule has 5 aromatic rings. The van der Waals surface area contributed by atoms with Gasteiger partial charge in [0.25, 0.3) is 0 Å². The van der Waals surface area contributed by atoms with Gasteiger partial charge in [0.1, 0.15) is 5.01 Å². The number of hydrogen-bond acceptors (Lipinski definition) is 10. The lowest BCUT2D eigenvalue weighted by Gasteiger charge is -2.25. The van der Waals surface area contributed by atoms with Crippen LogP contribution in [0.3, 0.4) is 0 Å². The zero-order valence-electron chi connectivity index (χ0n) is 24.6. The van der Waals surface area contributed by atoms with E-state index in [1.807, 2.05) is 55.7 Å². The van der Waals surface area contributed by atoms with Crippen molar-refractivity contribution < 1.29 is 24.9 Å². The molecule has 3 N–H and O–H groups in total. The first-order valence-corrected chi connectivity index (χ1v) is 15.0. The molecule has 0 bridgehead atoms. The summed E-state index contributed by atoms with van der Waals surface area (Å²) in [5.74, 6) is -2.05. The van der Waals surface area contributed by atoms with E-state index in [1.54, 1.807) is 23.5 Å². The number of aliphatic hydroxyl groups excluding tert-OH is 1. The quantitative estimate of drug-likeness (QED) is 0.158. The molecule has 5 rings (SSSR count). The molecule has 1 aromatic carbocycles. The third kappa shape index (κ3) is 8.61. The number of likely N-dealkylation sites (N-methyl/N-ethyl adjacent to an activating group) is 1. The molecule has 0 aliphatic heterocycles. The number of aliphatic hydroxyl groups is 1. The van der Waals surface area contributed by atoms with Gasteiger partial charge < -0.3 is 15.3 Å². The Labute approximate surface area is 264 Å². The Morgan fingerprint density at radius 1 is 0.778 bits per heavy atom. The van der Waals surface area contributed by atoms with Crippen LogP contribution in [0, 0.1) is 0 Å². The Morgan fingerprint density at radius 3 is 2.02 bits per heavy atom.